The number of aryl methyl sites for hydroxylation is 1. The smallest absolute Gasteiger partial charge is 0.255 e. The van der Waals surface area contributed by atoms with Gasteiger partial charge in [-0.15, -0.1) is 10.2 Å². The van der Waals surface area contributed by atoms with Gasteiger partial charge in [0, 0.05) is 75.5 Å². The first-order valence-electron chi connectivity index (χ1n) is 18.8. The Morgan fingerprint density at radius 1 is 1.04 bits per heavy atom. The molecule has 0 spiro atoms. The first-order chi connectivity index (χ1) is 26.5. The van der Waals surface area contributed by atoms with E-state index in [2.05, 4.69) is 61.5 Å². The van der Waals surface area contributed by atoms with Crippen LogP contribution in [-0.4, -0.2) is 105 Å². The zero-order chi connectivity index (χ0) is 38.0. The summed E-state index contributed by atoms with van der Waals surface area (Å²) in [4.78, 5) is 50.8. The third-order valence-electron chi connectivity index (χ3n) is 11.8. The number of para-hydroxylation sites is 1. The number of pyridine rings is 1. The monoisotopic (exact) mass is 747 g/mol. The number of piperidine rings is 1. The number of phenolic OH excluding ortho intramolecular Hbond substituents is 1. The lowest BCUT2D eigenvalue weighted by Crippen LogP contribution is -2.52. The quantitative estimate of drug-likeness (QED) is 0.237. The summed E-state index contributed by atoms with van der Waals surface area (Å²) >= 11 is 0. The van der Waals surface area contributed by atoms with E-state index in [-0.39, 0.29) is 35.4 Å². The Hall–Kier alpha value is -5.83. The molecular formula is C40H42FN9O5. The number of nitrogens with one attached hydrogen (secondary N) is 2. The fraction of sp³-hybridized carbons (Fsp3) is 0.400. The molecule has 0 aliphatic carbocycles. The Morgan fingerprint density at radius 2 is 1.87 bits per heavy atom. The van der Waals surface area contributed by atoms with Crippen molar-refractivity contribution in [2.24, 2.45) is 0 Å². The lowest BCUT2D eigenvalue weighted by atomic mass is 9.95. The summed E-state index contributed by atoms with van der Waals surface area (Å²) in [6.45, 7) is 9.89. The molecule has 3 atom stereocenters. The van der Waals surface area contributed by atoms with Crippen molar-refractivity contribution < 1.29 is 28.6 Å². The Balaban J connectivity index is 0.809. The largest absolute Gasteiger partial charge is 0.504 e. The number of imide groups is 1. The summed E-state index contributed by atoms with van der Waals surface area (Å²) in [5.41, 5.74) is 5.83. The highest BCUT2D eigenvalue weighted by Gasteiger charge is 2.47. The molecule has 9 rings (SSSR count). The lowest BCUT2D eigenvalue weighted by molar-refractivity contribution is -0.136. The van der Waals surface area contributed by atoms with E-state index in [0.29, 0.717) is 55.4 Å². The minimum Gasteiger partial charge on any atom is -0.504 e. The Morgan fingerprint density at radius 3 is 2.67 bits per heavy atom. The van der Waals surface area contributed by atoms with Gasteiger partial charge in [0.15, 0.2) is 17.4 Å². The van der Waals surface area contributed by atoms with Crippen LogP contribution in [0.15, 0.2) is 54.7 Å². The van der Waals surface area contributed by atoms with E-state index in [1.165, 1.54) is 6.07 Å². The third-order valence-corrected chi connectivity index (χ3v) is 11.8. The maximum Gasteiger partial charge on any atom is 0.255 e. The number of rotatable bonds is 7. The molecule has 0 unspecified atom stereocenters. The van der Waals surface area contributed by atoms with Crippen LogP contribution >= 0.6 is 0 Å². The second kappa shape index (κ2) is 13.5. The highest BCUT2D eigenvalue weighted by atomic mass is 19.1. The fourth-order valence-electron chi connectivity index (χ4n) is 8.68. The van der Waals surface area contributed by atoms with Crippen molar-refractivity contribution in [3.8, 4) is 22.8 Å². The topological polar surface area (TPSA) is 156 Å². The Bertz CT molecular complexity index is 2230. The van der Waals surface area contributed by atoms with Crippen LogP contribution in [-0.2, 0) is 22.7 Å². The van der Waals surface area contributed by atoms with Gasteiger partial charge in [-0.3, -0.25) is 29.6 Å². The van der Waals surface area contributed by atoms with Crippen LogP contribution in [0.25, 0.3) is 11.3 Å². The van der Waals surface area contributed by atoms with Crippen LogP contribution in [0.5, 0.6) is 11.5 Å². The molecule has 3 saturated heterocycles. The molecular weight excluding hydrogens is 705 g/mol. The average Bonchev–Trinajstić information content (AvgIpc) is 3.69. The number of nitrogens with zero attached hydrogens (tertiary/aromatic N) is 7. The number of piperazine rings is 1. The van der Waals surface area contributed by atoms with Crippen LogP contribution in [0.3, 0.4) is 0 Å². The molecule has 0 saturated carbocycles. The molecule has 4 aromatic rings. The van der Waals surface area contributed by atoms with Crippen LogP contribution < -0.4 is 25.2 Å². The number of hydrogen-bond acceptors (Lipinski definition) is 12. The summed E-state index contributed by atoms with van der Waals surface area (Å²) in [7, 11) is 0. The first-order valence-corrected chi connectivity index (χ1v) is 18.8. The van der Waals surface area contributed by atoms with Gasteiger partial charge in [-0.1, -0.05) is 12.1 Å². The predicted octanol–water partition coefficient (Wildman–Crippen LogP) is 3.62. The number of ether oxygens (including phenoxy) is 1. The van der Waals surface area contributed by atoms with Gasteiger partial charge in [-0.2, -0.15) is 0 Å². The van der Waals surface area contributed by atoms with Crippen LogP contribution in [0.4, 0.5) is 21.6 Å². The molecule has 5 aliphatic rings. The van der Waals surface area contributed by atoms with Crippen LogP contribution in [0.1, 0.15) is 53.4 Å². The average molecular weight is 748 g/mol. The fourth-order valence-corrected chi connectivity index (χ4v) is 8.68. The number of fused-ring (bicyclic) bond motifs is 4. The number of halogens is 1. The maximum absolute atomic E-state index is 14.1. The number of phenols is 1. The summed E-state index contributed by atoms with van der Waals surface area (Å²) in [6, 6.07) is 13.6. The minimum absolute atomic E-state index is 0.105. The van der Waals surface area contributed by atoms with Gasteiger partial charge in [0.2, 0.25) is 11.8 Å². The number of aromatic hydroxyl groups is 1. The zero-order valence-corrected chi connectivity index (χ0v) is 30.7. The SMILES string of the molecule is Cc1cc(O[C@H]2CN3c4cc(-c5cccc(F)c5O)nnc4NC[C@@]3(C)C2)cnc1CN1CCN(c2ccc3c(c2)C(=O)N([C@H]2CCC(=O)NC2=O)C3)CC1. The lowest BCUT2D eigenvalue weighted by Gasteiger charge is -2.41. The third kappa shape index (κ3) is 6.35. The van der Waals surface area contributed by atoms with Crippen molar-refractivity contribution in [3.63, 3.8) is 0 Å². The van der Waals surface area contributed by atoms with E-state index in [1.54, 1.807) is 23.2 Å². The number of benzene rings is 2. The molecule has 15 heteroatoms. The normalized spacial score (nSPS) is 23.6. The van der Waals surface area contributed by atoms with Crippen molar-refractivity contribution >= 4 is 34.9 Å². The standard InChI is InChI=1S/C40H42FN9O5/c1-23-14-26(55-27-17-40(2)22-43-37-34(50(40)20-27)16-31(45-46-37)28-4-3-5-30(41)36(28)52)18-42-32(23)21-47-10-12-48(13-11-47)25-7-6-24-19-49(39(54)29(24)15-25)33-8-9-35(51)44-38(33)53/h3-7,14-16,18,27,33,52H,8-13,17,19-22H2,1-2H3,(H,43,46)(H,44,51,53)/t27-,33+,40-/m1/s1. The first kappa shape index (κ1) is 34.9. The van der Waals surface area contributed by atoms with Crippen molar-refractivity contribution in [2.75, 3.05) is 54.4 Å². The molecule has 0 bridgehead atoms. The van der Waals surface area contributed by atoms with Crippen molar-refractivity contribution in [1.29, 1.82) is 0 Å². The number of aromatic nitrogens is 3. The highest BCUT2D eigenvalue weighted by molar-refractivity contribution is 6.05. The highest BCUT2D eigenvalue weighted by Crippen LogP contribution is 2.44. The van der Waals surface area contributed by atoms with Crippen molar-refractivity contribution in [3.05, 3.63) is 82.9 Å². The summed E-state index contributed by atoms with van der Waals surface area (Å²) in [5.74, 6) is -0.651. The van der Waals surface area contributed by atoms with Crippen LogP contribution in [0.2, 0.25) is 0 Å². The Kier molecular flexibility index (Phi) is 8.56. The van der Waals surface area contributed by atoms with Crippen molar-refractivity contribution in [1.82, 2.24) is 30.3 Å². The maximum atomic E-state index is 14.1. The van der Waals surface area contributed by atoms with E-state index in [1.807, 2.05) is 18.2 Å². The molecule has 3 N–H and O–H groups in total. The molecule has 5 aliphatic heterocycles. The van der Waals surface area contributed by atoms with E-state index < -0.39 is 23.5 Å². The molecule has 55 heavy (non-hydrogen) atoms. The molecule has 14 nitrogen and oxygen atoms in total. The molecule has 3 fully saturated rings. The molecule has 284 valence electrons. The second-order valence-corrected chi connectivity index (χ2v) is 15.4. The van der Waals surface area contributed by atoms with Gasteiger partial charge >= 0.3 is 0 Å². The van der Waals surface area contributed by atoms with E-state index in [4.69, 9.17) is 9.72 Å². The van der Waals surface area contributed by atoms with E-state index in [9.17, 15) is 23.9 Å². The number of anilines is 3. The molecule has 0 radical (unpaired) electrons. The van der Waals surface area contributed by atoms with Gasteiger partial charge in [-0.05, 0) is 67.8 Å². The summed E-state index contributed by atoms with van der Waals surface area (Å²) in [5, 5.41) is 24.7. The minimum atomic E-state index is -0.707. The van der Waals surface area contributed by atoms with Gasteiger partial charge in [0.25, 0.3) is 5.91 Å². The number of hydrogen-bond donors (Lipinski definition) is 3. The van der Waals surface area contributed by atoms with E-state index >= 15 is 0 Å². The van der Waals surface area contributed by atoms with E-state index in [0.717, 1.165) is 60.8 Å². The van der Waals surface area contributed by atoms with Gasteiger partial charge in [-0.25, -0.2) is 4.39 Å². The van der Waals surface area contributed by atoms with Crippen LogP contribution in [0, 0.1) is 12.7 Å². The molecule has 2 aromatic heterocycles. The predicted molar refractivity (Wildman–Crippen MR) is 201 cm³/mol. The van der Waals surface area contributed by atoms with Crippen molar-refractivity contribution in [2.45, 2.75) is 63.9 Å². The Labute approximate surface area is 317 Å². The van der Waals surface area contributed by atoms with Gasteiger partial charge in [0.05, 0.1) is 35.4 Å². The zero-order valence-electron chi connectivity index (χ0n) is 30.7. The summed E-state index contributed by atoms with van der Waals surface area (Å²) < 4.78 is 20.7. The number of amides is 3. The summed E-state index contributed by atoms with van der Waals surface area (Å²) in [6.07, 6.45) is 3.05. The molecule has 3 amide bonds. The molecule has 2 aromatic carbocycles. The van der Waals surface area contributed by atoms with Gasteiger partial charge < -0.3 is 29.9 Å². The number of carbonyl (C=O) groups is 3. The second-order valence-electron chi connectivity index (χ2n) is 15.4. The molecule has 7 heterocycles. The number of carbonyl (C=O) groups excluding carboxylic acids is 3. The van der Waals surface area contributed by atoms with Gasteiger partial charge in [0.1, 0.15) is 17.9 Å².